The third kappa shape index (κ3) is 4.33. The fraction of sp³-hybridized carbons (Fsp3) is 0.278. The Morgan fingerprint density at radius 3 is 2.36 bits per heavy atom. The summed E-state index contributed by atoms with van der Waals surface area (Å²) in [5.74, 6) is 0.471. The number of likely N-dealkylation sites (N-methyl/N-ethyl adjacent to an activating group) is 1. The van der Waals surface area contributed by atoms with Gasteiger partial charge in [0.2, 0.25) is 5.91 Å². The van der Waals surface area contributed by atoms with Crippen molar-refractivity contribution in [1.82, 2.24) is 4.90 Å². The zero-order valence-corrected chi connectivity index (χ0v) is 13.0. The molecule has 0 fully saturated rings. The van der Waals surface area contributed by atoms with Crippen molar-refractivity contribution in [2.45, 2.75) is 13.0 Å². The highest BCUT2D eigenvalue weighted by atomic mass is 16.5. The second kappa shape index (κ2) is 7.61. The quantitative estimate of drug-likeness (QED) is 0.854. The number of aryl methyl sites for hydroxylation is 1. The van der Waals surface area contributed by atoms with E-state index in [0.29, 0.717) is 13.2 Å². The molecule has 4 nitrogen and oxygen atoms in total. The molecule has 0 radical (unpaired) electrons. The molecular weight excluding hydrogens is 276 g/mol. The summed E-state index contributed by atoms with van der Waals surface area (Å²) in [6.07, 6.45) is 0. The summed E-state index contributed by atoms with van der Waals surface area (Å²) in [6, 6.07) is 17.0. The molecule has 4 heteroatoms. The van der Waals surface area contributed by atoms with Crippen LogP contribution in [0.25, 0.3) is 0 Å². The van der Waals surface area contributed by atoms with E-state index in [4.69, 9.17) is 10.5 Å². The van der Waals surface area contributed by atoms with Gasteiger partial charge in [0.15, 0.2) is 0 Å². The molecule has 0 heterocycles. The van der Waals surface area contributed by atoms with Crippen LogP contribution in [0.15, 0.2) is 54.6 Å². The van der Waals surface area contributed by atoms with Crippen molar-refractivity contribution in [1.29, 1.82) is 0 Å². The summed E-state index contributed by atoms with van der Waals surface area (Å²) < 4.78 is 5.70. The summed E-state index contributed by atoms with van der Waals surface area (Å²) in [7, 11) is 1.88. The van der Waals surface area contributed by atoms with Crippen molar-refractivity contribution in [2.75, 3.05) is 20.2 Å². The Labute approximate surface area is 131 Å². The van der Waals surface area contributed by atoms with Gasteiger partial charge in [-0.25, -0.2) is 0 Å². The van der Waals surface area contributed by atoms with Crippen LogP contribution in [0, 0.1) is 6.92 Å². The summed E-state index contributed by atoms with van der Waals surface area (Å²) in [4.78, 5) is 13.7. The molecule has 1 unspecified atom stereocenters. The first-order chi connectivity index (χ1) is 10.6. The molecule has 0 aliphatic carbocycles. The van der Waals surface area contributed by atoms with E-state index in [2.05, 4.69) is 0 Å². The van der Waals surface area contributed by atoms with Crippen LogP contribution in [0.2, 0.25) is 0 Å². The van der Waals surface area contributed by atoms with E-state index in [1.54, 1.807) is 0 Å². The van der Waals surface area contributed by atoms with Crippen molar-refractivity contribution in [3.63, 3.8) is 0 Å². The predicted octanol–water partition coefficient (Wildman–Crippen LogP) is 2.53. The third-order valence-corrected chi connectivity index (χ3v) is 3.56. The molecule has 1 amide bonds. The van der Waals surface area contributed by atoms with Gasteiger partial charge in [-0.1, -0.05) is 48.0 Å². The Balaban J connectivity index is 1.93. The number of nitrogens with zero attached hydrogens (tertiary/aromatic N) is 1. The molecule has 2 rings (SSSR count). The number of benzene rings is 2. The van der Waals surface area contributed by atoms with Gasteiger partial charge >= 0.3 is 0 Å². The monoisotopic (exact) mass is 298 g/mol. The lowest BCUT2D eigenvalue weighted by molar-refractivity contribution is -0.123. The fourth-order valence-corrected chi connectivity index (χ4v) is 2.34. The largest absolute Gasteiger partial charge is 0.492 e. The van der Waals surface area contributed by atoms with Crippen molar-refractivity contribution >= 4 is 5.91 Å². The second-order valence-corrected chi connectivity index (χ2v) is 5.36. The van der Waals surface area contributed by atoms with E-state index in [1.165, 1.54) is 5.56 Å². The molecular formula is C18H22N2O2. The number of ether oxygens (including phenoxy) is 1. The van der Waals surface area contributed by atoms with Crippen LogP contribution < -0.4 is 10.5 Å². The highest BCUT2D eigenvalue weighted by molar-refractivity contribution is 5.81. The Morgan fingerprint density at radius 1 is 1.14 bits per heavy atom. The van der Waals surface area contributed by atoms with E-state index >= 15 is 0 Å². The lowest BCUT2D eigenvalue weighted by atomic mass is 10.1. The zero-order chi connectivity index (χ0) is 15.9. The average molecular weight is 298 g/mol. The first-order valence-corrected chi connectivity index (χ1v) is 7.32. The molecule has 22 heavy (non-hydrogen) atoms. The molecule has 0 saturated carbocycles. The third-order valence-electron chi connectivity index (χ3n) is 3.56. The summed E-state index contributed by atoms with van der Waals surface area (Å²) >= 11 is 0. The summed E-state index contributed by atoms with van der Waals surface area (Å²) in [5.41, 5.74) is 7.64. The lowest BCUT2D eigenvalue weighted by Gasteiger charge is -2.25. The minimum absolute atomic E-state index is 0.357. The lowest BCUT2D eigenvalue weighted by Crippen LogP contribution is -2.37. The van der Waals surface area contributed by atoms with E-state index in [-0.39, 0.29) is 5.91 Å². The predicted molar refractivity (Wildman–Crippen MR) is 87.7 cm³/mol. The van der Waals surface area contributed by atoms with Crippen LogP contribution in [-0.4, -0.2) is 31.0 Å². The Morgan fingerprint density at radius 2 is 1.77 bits per heavy atom. The molecule has 0 aliphatic rings. The maximum Gasteiger partial charge on any atom is 0.239 e. The summed E-state index contributed by atoms with van der Waals surface area (Å²) in [5, 5.41) is 0. The molecule has 2 aromatic carbocycles. The van der Waals surface area contributed by atoms with Gasteiger partial charge in [0.25, 0.3) is 0 Å². The molecule has 0 bridgehead atoms. The number of carbonyl (C=O) groups excluding carboxylic acids is 1. The Hall–Kier alpha value is -2.33. The van der Waals surface area contributed by atoms with Crippen LogP contribution in [0.1, 0.15) is 17.2 Å². The summed E-state index contributed by atoms with van der Waals surface area (Å²) in [6.45, 7) is 3.14. The average Bonchev–Trinajstić information content (AvgIpc) is 2.50. The van der Waals surface area contributed by atoms with Crippen molar-refractivity contribution in [2.24, 2.45) is 5.73 Å². The topological polar surface area (TPSA) is 55.6 Å². The van der Waals surface area contributed by atoms with E-state index in [1.807, 2.05) is 73.5 Å². The minimum Gasteiger partial charge on any atom is -0.492 e. The molecule has 116 valence electrons. The number of primary amides is 1. The van der Waals surface area contributed by atoms with E-state index < -0.39 is 6.04 Å². The van der Waals surface area contributed by atoms with Crippen LogP contribution in [0.4, 0.5) is 0 Å². The van der Waals surface area contributed by atoms with Gasteiger partial charge in [-0.3, -0.25) is 9.69 Å². The molecule has 0 saturated heterocycles. The van der Waals surface area contributed by atoms with Gasteiger partial charge in [-0.15, -0.1) is 0 Å². The Bertz CT molecular complexity index is 596. The smallest absolute Gasteiger partial charge is 0.239 e. The maximum absolute atomic E-state index is 11.8. The van der Waals surface area contributed by atoms with Gasteiger partial charge < -0.3 is 10.5 Å². The van der Waals surface area contributed by atoms with Gasteiger partial charge in [0, 0.05) is 6.54 Å². The second-order valence-electron chi connectivity index (χ2n) is 5.36. The van der Waals surface area contributed by atoms with Crippen molar-refractivity contribution in [3.05, 3.63) is 65.7 Å². The highest BCUT2D eigenvalue weighted by Gasteiger charge is 2.22. The molecule has 0 aromatic heterocycles. The van der Waals surface area contributed by atoms with Crippen LogP contribution in [0.5, 0.6) is 5.75 Å². The standard InChI is InChI=1S/C18H22N2O2/c1-14-8-10-16(11-9-14)22-13-12-20(2)17(18(19)21)15-6-4-3-5-7-15/h3-11,17H,12-13H2,1-2H3,(H2,19,21). The first kappa shape index (κ1) is 16.0. The molecule has 0 spiro atoms. The SMILES string of the molecule is Cc1ccc(OCCN(C)C(C(N)=O)c2ccccc2)cc1. The van der Waals surface area contributed by atoms with E-state index in [0.717, 1.165) is 11.3 Å². The minimum atomic E-state index is -0.442. The molecule has 2 N–H and O–H groups in total. The van der Waals surface area contributed by atoms with Gasteiger partial charge in [-0.05, 0) is 31.7 Å². The molecule has 0 aliphatic heterocycles. The normalized spacial score (nSPS) is 12.1. The van der Waals surface area contributed by atoms with E-state index in [9.17, 15) is 4.79 Å². The Kier molecular flexibility index (Phi) is 5.55. The highest BCUT2D eigenvalue weighted by Crippen LogP contribution is 2.18. The molecule has 1 atom stereocenters. The number of nitrogens with two attached hydrogens (primary N) is 1. The van der Waals surface area contributed by atoms with Gasteiger partial charge in [-0.2, -0.15) is 0 Å². The number of carbonyl (C=O) groups is 1. The van der Waals surface area contributed by atoms with Crippen molar-refractivity contribution < 1.29 is 9.53 Å². The molecule has 2 aromatic rings. The van der Waals surface area contributed by atoms with Crippen LogP contribution in [-0.2, 0) is 4.79 Å². The van der Waals surface area contributed by atoms with Crippen molar-refractivity contribution in [3.8, 4) is 5.75 Å². The van der Waals surface area contributed by atoms with Gasteiger partial charge in [0.05, 0.1) is 0 Å². The van der Waals surface area contributed by atoms with Crippen LogP contribution in [0.3, 0.4) is 0 Å². The first-order valence-electron chi connectivity index (χ1n) is 7.32. The zero-order valence-electron chi connectivity index (χ0n) is 13.0. The maximum atomic E-state index is 11.8. The van der Waals surface area contributed by atoms with Gasteiger partial charge in [0.1, 0.15) is 18.4 Å². The number of amides is 1. The number of hydrogen-bond donors (Lipinski definition) is 1. The number of hydrogen-bond acceptors (Lipinski definition) is 3. The number of rotatable bonds is 7. The van der Waals surface area contributed by atoms with Crippen LogP contribution >= 0.6 is 0 Å². The fourth-order valence-electron chi connectivity index (χ4n) is 2.34.